The topological polar surface area (TPSA) is 42.1 Å². The summed E-state index contributed by atoms with van der Waals surface area (Å²) in [5.74, 6) is -0.0243. The summed E-state index contributed by atoms with van der Waals surface area (Å²) in [5, 5.41) is 0.715. The first-order chi connectivity index (χ1) is 10.1. The van der Waals surface area contributed by atoms with Gasteiger partial charge in [0.25, 0.3) is 0 Å². The van der Waals surface area contributed by atoms with Crippen molar-refractivity contribution in [2.45, 2.75) is 6.92 Å². The molecule has 0 spiro atoms. The lowest BCUT2D eigenvalue weighted by molar-refractivity contribution is 0.103. The summed E-state index contributed by atoms with van der Waals surface area (Å²) in [4.78, 5) is 15.7. The van der Waals surface area contributed by atoms with Gasteiger partial charge in [-0.3, -0.25) is 4.79 Å². The molecule has 0 saturated carbocycles. The Morgan fingerprint density at radius 1 is 1.24 bits per heavy atom. The number of H-pyrrole nitrogens is 1. The van der Waals surface area contributed by atoms with Gasteiger partial charge < -0.3 is 9.72 Å². The van der Waals surface area contributed by atoms with Gasteiger partial charge in [0.2, 0.25) is 0 Å². The number of methoxy groups -OCH3 is 1. The monoisotopic (exact) mass is 283 g/mol. The average molecular weight is 283 g/mol. The van der Waals surface area contributed by atoms with Crippen molar-refractivity contribution in [2.75, 3.05) is 7.11 Å². The minimum atomic E-state index is -0.412. The Hall–Kier alpha value is -2.62. The third-order valence-electron chi connectivity index (χ3n) is 3.44. The SMILES string of the molecule is COc1cccc2[nH]cc(C(=O)c3cc(C)cc(F)c3)c12. The van der Waals surface area contributed by atoms with Crippen molar-refractivity contribution in [3.63, 3.8) is 0 Å². The van der Waals surface area contributed by atoms with Gasteiger partial charge in [-0.1, -0.05) is 6.07 Å². The van der Waals surface area contributed by atoms with Crippen LogP contribution in [0, 0.1) is 12.7 Å². The molecule has 0 aliphatic carbocycles. The van der Waals surface area contributed by atoms with Gasteiger partial charge in [0.15, 0.2) is 5.78 Å². The molecule has 4 heteroatoms. The number of ketones is 1. The van der Waals surface area contributed by atoms with Crippen molar-refractivity contribution in [3.05, 3.63) is 65.1 Å². The molecule has 3 nitrogen and oxygen atoms in total. The number of halogens is 1. The van der Waals surface area contributed by atoms with E-state index in [1.807, 2.05) is 12.1 Å². The van der Waals surface area contributed by atoms with Crippen LogP contribution in [0.15, 0.2) is 42.6 Å². The van der Waals surface area contributed by atoms with Crippen LogP contribution in [0.2, 0.25) is 0 Å². The van der Waals surface area contributed by atoms with Gasteiger partial charge in [-0.05, 0) is 42.8 Å². The van der Waals surface area contributed by atoms with Crippen LogP contribution in [0.1, 0.15) is 21.5 Å². The fourth-order valence-electron chi connectivity index (χ4n) is 2.52. The lowest BCUT2D eigenvalue weighted by Crippen LogP contribution is -2.02. The highest BCUT2D eigenvalue weighted by Gasteiger charge is 2.18. The number of aromatic nitrogens is 1. The van der Waals surface area contributed by atoms with E-state index in [-0.39, 0.29) is 5.78 Å². The van der Waals surface area contributed by atoms with E-state index >= 15 is 0 Å². The predicted molar refractivity (Wildman–Crippen MR) is 79.4 cm³/mol. The van der Waals surface area contributed by atoms with Crippen LogP contribution in [0.25, 0.3) is 10.9 Å². The van der Waals surface area contributed by atoms with E-state index in [1.54, 1.807) is 32.4 Å². The number of nitrogens with one attached hydrogen (secondary N) is 1. The van der Waals surface area contributed by atoms with Crippen molar-refractivity contribution in [3.8, 4) is 5.75 Å². The molecule has 0 saturated heterocycles. The highest BCUT2D eigenvalue weighted by Crippen LogP contribution is 2.30. The molecule has 0 unspecified atom stereocenters. The maximum absolute atomic E-state index is 13.5. The number of fused-ring (bicyclic) bond motifs is 1. The standard InChI is InChI=1S/C17H14FNO2/c1-10-6-11(8-12(18)7-10)17(20)13-9-19-14-4-3-5-15(21-2)16(13)14/h3-9,19H,1-2H3. The lowest BCUT2D eigenvalue weighted by atomic mass is 10.0. The summed E-state index contributed by atoms with van der Waals surface area (Å²) in [6.45, 7) is 1.76. The number of carbonyl (C=O) groups is 1. The Kier molecular flexibility index (Phi) is 3.22. The number of carbonyl (C=O) groups excluding carboxylic acids is 1. The predicted octanol–water partition coefficient (Wildman–Crippen LogP) is 3.86. The van der Waals surface area contributed by atoms with E-state index in [2.05, 4.69) is 4.98 Å². The molecular weight excluding hydrogens is 269 g/mol. The van der Waals surface area contributed by atoms with Gasteiger partial charge in [0.1, 0.15) is 11.6 Å². The first-order valence-electron chi connectivity index (χ1n) is 6.56. The Balaban J connectivity index is 2.18. The van der Waals surface area contributed by atoms with Gasteiger partial charge in [-0.15, -0.1) is 0 Å². The first-order valence-corrected chi connectivity index (χ1v) is 6.56. The summed E-state index contributed by atoms with van der Waals surface area (Å²) in [7, 11) is 1.56. The number of ether oxygens (including phenoxy) is 1. The zero-order valence-electron chi connectivity index (χ0n) is 11.7. The van der Waals surface area contributed by atoms with Crippen molar-refractivity contribution < 1.29 is 13.9 Å². The summed E-state index contributed by atoms with van der Waals surface area (Å²) < 4.78 is 18.8. The molecule has 0 fully saturated rings. The van der Waals surface area contributed by atoms with E-state index in [1.165, 1.54) is 12.1 Å². The third kappa shape index (κ3) is 2.29. The number of hydrogen-bond donors (Lipinski definition) is 1. The number of rotatable bonds is 3. The molecule has 3 rings (SSSR count). The van der Waals surface area contributed by atoms with E-state index in [0.717, 1.165) is 5.52 Å². The molecule has 21 heavy (non-hydrogen) atoms. The van der Waals surface area contributed by atoms with E-state index in [0.29, 0.717) is 27.8 Å². The summed E-state index contributed by atoms with van der Waals surface area (Å²) in [6.07, 6.45) is 1.63. The smallest absolute Gasteiger partial charge is 0.195 e. The number of aromatic amines is 1. The fourth-order valence-corrected chi connectivity index (χ4v) is 2.52. The maximum atomic E-state index is 13.5. The zero-order valence-corrected chi connectivity index (χ0v) is 11.7. The Morgan fingerprint density at radius 2 is 2.05 bits per heavy atom. The zero-order chi connectivity index (χ0) is 15.0. The van der Waals surface area contributed by atoms with Crippen LogP contribution in [0.3, 0.4) is 0 Å². The molecule has 1 heterocycles. The summed E-state index contributed by atoms with van der Waals surface area (Å²) >= 11 is 0. The Labute approximate surface area is 121 Å². The number of hydrogen-bond acceptors (Lipinski definition) is 2. The van der Waals surface area contributed by atoms with Gasteiger partial charge in [-0.25, -0.2) is 4.39 Å². The molecule has 0 amide bonds. The minimum absolute atomic E-state index is 0.228. The molecule has 0 aliphatic rings. The molecule has 0 bridgehead atoms. The second-order valence-corrected chi connectivity index (χ2v) is 4.93. The summed E-state index contributed by atoms with van der Waals surface area (Å²) in [5.41, 5.74) is 2.34. The molecule has 1 N–H and O–H groups in total. The van der Waals surface area contributed by atoms with Gasteiger partial charge >= 0.3 is 0 Å². The highest BCUT2D eigenvalue weighted by molar-refractivity contribution is 6.17. The normalized spacial score (nSPS) is 10.8. The number of benzene rings is 2. The van der Waals surface area contributed by atoms with Crippen LogP contribution >= 0.6 is 0 Å². The molecule has 0 atom stereocenters. The second-order valence-electron chi connectivity index (χ2n) is 4.93. The van der Waals surface area contributed by atoms with Crippen molar-refractivity contribution in [1.82, 2.24) is 4.98 Å². The Bertz CT molecular complexity index is 816. The first kappa shape index (κ1) is 13.4. The molecular formula is C17H14FNO2. The molecule has 106 valence electrons. The number of aryl methyl sites for hydroxylation is 1. The second kappa shape index (κ2) is 5.05. The van der Waals surface area contributed by atoms with Gasteiger partial charge in [0, 0.05) is 17.3 Å². The third-order valence-corrected chi connectivity index (χ3v) is 3.44. The summed E-state index contributed by atoms with van der Waals surface area (Å²) in [6, 6.07) is 9.84. The van der Waals surface area contributed by atoms with Crippen molar-refractivity contribution in [1.29, 1.82) is 0 Å². The molecule has 1 aromatic heterocycles. The quantitative estimate of drug-likeness (QED) is 0.742. The fraction of sp³-hybridized carbons (Fsp3) is 0.118. The lowest BCUT2D eigenvalue weighted by Gasteiger charge is -2.05. The van der Waals surface area contributed by atoms with Crippen molar-refractivity contribution >= 4 is 16.7 Å². The molecule has 2 aromatic carbocycles. The van der Waals surface area contributed by atoms with Crippen LogP contribution in [-0.4, -0.2) is 17.9 Å². The highest BCUT2D eigenvalue weighted by atomic mass is 19.1. The van der Waals surface area contributed by atoms with Crippen LogP contribution in [0.4, 0.5) is 4.39 Å². The van der Waals surface area contributed by atoms with E-state index < -0.39 is 5.82 Å². The van der Waals surface area contributed by atoms with Crippen molar-refractivity contribution in [2.24, 2.45) is 0 Å². The van der Waals surface area contributed by atoms with Gasteiger partial charge in [-0.2, -0.15) is 0 Å². The van der Waals surface area contributed by atoms with Crippen LogP contribution in [-0.2, 0) is 0 Å². The molecule has 3 aromatic rings. The molecule has 0 aliphatic heterocycles. The van der Waals surface area contributed by atoms with Crippen LogP contribution < -0.4 is 4.74 Å². The van der Waals surface area contributed by atoms with E-state index in [9.17, 15) is 9.18 Å². The largest absolute Gasteiger partial charge is 0.496 e. The molecule has 0 radical (unpaired) electrons. The van der Waals surface area contributed by atoms with Crippen LogP contribution in [0.5, 0.6) is 5.75 Å². The Morgan fingerprint density at radius 3 is 2.76 bits per heavy atom. The maximum Gasteiger partial charge on any atom is 0.195 e. The average Bonchev–Trinajstić information content (AvgIpc) is 2.89. The van der Waals surface area contributed by atoms with Gasteiger partial charge in [0.05, 0.1) is 18.1 Å². The van der Waals surface area contributed by atoms with E-state index in [4.69, 9.17) is 4.74 Å². The minimum Gasteiger partial charge on any atom is -0.496 e.